The highest BCUT2D eigenvalue weighted by Crippen LogP contribution is 2.46. The Labute approximate surface area is 155 Å². The van der Waals surface area contributed by atoms with Crippen LogP contribution in [0.25, 0.3) is 11.2 Å². The lowest BCUT2D eigenvalue weighted by molar-refractivity contribution is 0.0728. The van der Waals surface area contributed by atoms with Crippen LogP contribution in [0.3, 0.4) is 0 Å². The number of carbonyl (C=O) groups is 1. The Morgan fingerprint density at radius 2 is 1.73 bits per heavy atom. The van der Waals surface area contributed by atoms with Gasteiger partial charge in [-0.3, -0.25) is 4.79 Å². The maximum Gasteiger partial charge on any atom is 0.256 e. The first-order chi connectivity index (χ1) is 12.4. The fourth-order valence-electron chi connectivity index (χ4n) is 5.01. The molecule has 6 heteroatoms. The zero-order valence-electron chi connectivity index (χ0n) is 16.4. The van der Waals surface area contributed by atoms with Crippen molar-refractivity contribution in [1.82, 2.24) is 24.3 Å². The summed E-state index contributed by atoms with van der Waals surface area (Å²) in [5, 5.41) is 0. The molecule has 0 spiro atoms. The molecule has 0 aliphatic heterocycles. The standard InChI is InChI=1S/C20H29N5O/c1-12-22-18-17(6-7-21-19(18)24(12)4)20(26)25(5)16-10-13-8-15(23(2)3)9-14(13)11-16/h6-7,13-16H,8-11H2,1-5H3/t13-,14+,15?,16?. The number of aryl methyl sites for hydroxylation is 2. The number of pyridine rings is 1. The molecule has 4 atom stereocenters. The van der Waals surface area contributed by atoms with Crippen molar-refractivity contribution in [2.75, 3.05) is 21.1 Å². The second kappa shape index (κ2) is 6.34. The normalized spacial score (nSPS) is 28.1. The van der Waals surface area contributed by atoms with E-state index in [-0.39, 0.29) is 5.91 Å². The summed E-state index contributed by atoms with van der Waals surface area (Å²) in [4.78, 5) is 26.5. The quantitative estimate of drug-likeness (QED) is 0.849. The van der Waals surface area contributed by atoms with E-state index in [1.54, 1.807) is 6.20 Å². The van der Waals surface area contributed by atoms with Crippen LogP contribution >= 0.6 is 0 Å². The predicted octanol–water partition coefficient (Wildman–Crippen LogP) is 2.47. The topological polar surface area (TPSA) is 54.3 Å². The number of aromatic nitrogens is 3. The minimum absolute atomic E-state index is 0.0737. The molecule has 2 saturated carbocycles. The first-order valence-corrected chi connectivity index (χ1v) is 9.58. The molecule has 0 N–H and O–H groups in total. The Morgan fingerprint density at radius 1 is 1.12 bits per heavy atom. The van der Waals surface area contributed by atoms with Crippen molar-refractivity contribution in [1.29, 1.82) is 0 Å². The smallest absolute Gasteiger partial charge is 0.256 e. The Morgan fingerprint density at radius 3 is 2.35 bits per heavy atom. The molecule has 4 rings (SSSR count). The molecule has 6 nitrogen and oxygen atoms in total. The molecule has 2 unspecified atom stereocenters. The van der Waals surface area contributed by atoms with Gasteiger partial charge >= 0.3 is 0 Å². The van der Waals surface area contributed by atoms with Gasteiger partial charge in [0.05, 0.1) is 5.56 Å². The molecule has 0 aromatic carbocycles. The average molecular weight is 355 g/mol. The number of rotatable bonds is 3. The van der Waals surface area contributed by atoms with Crippen molar-refractivity contribution in [2.24, 2.45) is 18.9 Å². The van der Waals surface area contributed by atoms with E-state index in [0.717, 1.165) is 41.7 Å². The molecule has 0 radical (unpaired) electrons. The first kappa shape index (κ1) is 17.5. The monoisotopic (exact) mass is 355 g/mol. The van der Waals surface area contributed by atoms with Crippen LogP contribution in [0.15, 0.2) is 12.3 Å². The van der Waals surface area contributed by atoms with E-state index in [2.05, 4.69) is 29.0 Å². The van der Waals surface area contributed by atoms with Crippen molar-refractivity contribution in [2.45, 2.75) is 44.7 Å². The summed E-state index contributed by atoms with van der Waals surface area (Å²) in [6.45, 7) is 1.94. The minimum Gasteiger partial charge on any atom is -0.339 e. The fraction of sp³-hybridized carbons (Fsp3) is 0.650. The van der Waals surface area contributed by atoms with Crippen LogP contribution < -0.4 is 0 Å². The van der Waals surface area contributed by atoms with Crippen LogP contribution in [0.1, 0.15) is 41.9 Å². The third-order valence-electron chi connectivity index (χ3n) is 6.78. The summed E-state index contributed by atoms with van der Waals surface area (Å²) >= 11 is 0. The van der Waals surface area contributed by atoms with Crippen molar-refractivity contribution in [3.63, 3.8) is 0 Å². The van der Waals surface area contributed by atoms with Gasteiger partial charge in [-0.05, 0) is 64.6 Å². The second-order valence-electron chi connectivity index (χ2n) is 8.40. The van der Waals surface area contributed by atoms with Crippen molar-refractivity contribution >= 4 is 17.1 Å². The van der Waals surface area contributed by atoms with Gasteiger partial charge in [0.2, 0.25) is 0 Å². The van der Waals surface area contributed by atoms with Gasteiger partial charge < -0.3 is 14.4 Å². The molecule has 2 aromatic heterocycles. The van der Waals surface area contributed by atoms with Crippen LogP contribution in [-0.4, -0.2) is 63.5 Å². The minimum atomic E-state index is 0.0737. The zero-order chi connectivity index (χ0) is 18.6. The van der Waals surface area contributed by atoms with E-state index in [1.807, 2.05) is 36.6 Å². The van der Waals surface area contributed by atoms with Crippen LogP contribution in [0.2, 0.25) is 0 Å². The van der Waals surface area contributed by atoms with E-state index in [0.29, 0.717) is 17.6 Å². The molecule has 2 heterocycles. The number of hydrogen-bond donors (Lipinski definition) is 0. The Balaban J connectivity index is 1.53. The molecule has 140 valence electrons. The van der Waals surface area contributed by atoms with Crippen molar-refractivity contribution < 1.29 is 4.79 Å². The van der Waals surface area contributed by atoms with Gasteiger partial charge in [0.1, 0.15) is 11.3 Å². The van der Waals surface area contributed by atoms with E-state index < -0.39 is 0 Å². The maximum absolute atomic E-state index is 13.2. The lowest BCUT2D eigenvalue weighted by Crippen LogP contribution is -2.36. The number of hydrogen-bond acceptors (Lipinski definition) is 4. The van der Waals surface area contributed by atoms with Gasteiger partial charge in [-0.1, -0.05) is 0 Å². The number of imidazole rings is 1. The SMILES string of the molecule is Cc1nc2c(C(=O)N(C)C3C[C@H]4CC(N(C)C)C[C@H]4C3)ccnc2n1C. The van der Waals surface area contributed by atoms with Gasteiger partial charge in [0.15, 0.2) is 5.65 Å². The van der Waals surface area contributed by atoms with Gasteiger partial charge in [0, 0.05) is 32.4 Å². The van der Waals surface area contributed by atoms with Crippen LogP contribution in [0, 0.1) is 18.8 Å². The molecule has 0 saturated heterocycles. The summed E-state index contributed by atoms with van der Waals surface area (Å²) < 4.78 is 1.94. The van der Waals surface area contributed by atoms with Gasteiger partial charge in [-0.15, -0.1) is 0 Å². The third-order valence-corrected chi connectivity index (χ3v) is 6.78. The molecule has 26 heavy (non-hydrogen) atoms. The third kappa shape index (κ3) is 2.71. The van der Waals surface area contributed by atoms with E-state index >= 15 is 0 Å². The zero-order valence-corrected chi connectivity index (χ0v) is 16.4. The predicted molar refractivity (Wildman–Crippen MR) is 102 cm³/mol. The lowest BCUT2D eigenvalue weighted by atomic mass is 10.0. The number of fused-ring (bicyclic) bond motifs is 2. The molecule has 2 aromatic rings. The fourth-order valence-corrected chi connectivity index (χ4v) is 5.01. The average Bonchev–Trinajstić information content (AvgIpc) is 3.26. The molecule has 2 aliphatic rings. The molecule has 2 fully saturated rings. The summed E-state index contributed by atoms with van der Waals surface area (Å²) in [7, 11) is 8.26. The summed E-state index contributed by atoms with van der Waals surface area (Å²) in [6, 6.07) is 2.86. The molecular formula is C20H29N5O. The molecule has 0 bridgehead atoms. The van der Waals surface area contributed by atoms with Crippen molar-refractivity contribution in [3.8, 4) is 0 Å². The first-order valence-electron chi connectivity index (χ1n) is 9.58. The molecule has 2 aliphatic carbocycles. The van der Waals surface area contributed by atoms with Gasteiger partial charge in [-0.2, -0.15) is 0 Å². The van der Waals surface area contributed by atoms with Crippen molar-refractivity contribution in [3.05, 3.63) is 23.7 Å². The summed E-state index contributed by atoms with van der Waals surface area (Å²) in [5.41, 5.74) is 2.17. The van der Waals surface area contributed by atoms with E-state index in [9.17, 15) is 4.79 Å². The highest BCUT2D eigenvalue weighted by molar-refractivity contribution is 6.04. The highest BCUT2D eigenvalue weighted by Gasteiger charge is 2.44. The van der Waals surface area contributed by atoms with Crippen LogP contribution in [0.4, 0.5) is 0 Å². The Kier molecular flexibility index (Phi) is 4.26. The number of amides is 1. The van der Waals surface area contributed by atoms with E-state index in [1.165, 1.54) is 12.8 Å². The van der Waals surface area contributed by atoms with Crippen LogP contribution in [0.5, 0.6) is 0 Å². The van der Waals surface area contributed by atoms with Crippen LogP contribution in [-0.2, 0) is 7.05 Å². The number of carbonyl (C=O) groups excluding carboxylic acids is 1. The van der Waals surface area contributed by atoms with E-state index in [4.69, 9.17) is 0 Å². The summed E-state index contributed by atoms with van der Waals surface area (Å²) in [6.07, 6.45) is 6.53. The summed E-state index contributed by atoms with van der Waals surface area (Å²) in [5.74, 6) is 2.47. The van der Waals surface area contributed by atoms with Gasteiger partial charge in [-0.25, -0.2) is 9.97 Å². The van der Waals surface area contributed by atoms with Gasteiger partial charge in [0.25, 0.3) is 5.91 Å². The molecular weight excluding hydrogens is 326 g/mol. The Hall–Kier alpha value is -1.95. The number of nitrogens with zero attached hydrogens (tertiary/aromatic N) is 5. The molecule has 1 amide bonds. The lowest BCUT2D eigenvalue weighted by Gasteiger charge is -2.27. The highest BCUT2D eigenvalue weighted by atomic mass is 16.2. The maximum atomic E-state index is 13.2. The second-order valence-corrected chi connectivity index (χ2v) is 8.40. The largest absolute Gasteiger partial charge is 0.339 e. The Bertz CT molecular complexity index is 828.